The first-order valence-corrected chi connectivity index (χ1v) is 23.5. The number of furan rings is 1. The maximum absolute atomic E-state index is 6.38. The number of pyridine rings is 2. The van der Waals surface area contributed by atoms with Crippen LogP contribution in [0.5, 0.6) is 0 Å². The van der Waals surface area contributed by atoms with Crippen molar-refractivity contribution in [3.8, 4) is 78.0 Å². The third-order valence-electron chi connectivity index (χ3n) is 14.2. The Balaban J connectivity index is 1.00. The van der Waals surface area contributed by atoms with Crippen molar-refractivity contribution in [2.75, 3.05) is 0 Å². The van der Waals surface area contributed by atoms with Gasteiger partial charge in [-0.1, -0.05) is 155 Å². The van der Waals surface area contributed by atoms with Crippen molar-refractivity contribution in [1.29, 1.82) is 0 Å². The van der Waals surface area contributed by atoms with Crippen LogP contribution in [0.3, 0.4) is 0 Å². The number of rotatable bonds is 7. The Morgan fingerprint density at radius 2 is 0.848 bits per heavy atom. The SMILES string of the molecule is Cc1ccc2c(n1)oc1c(-c3ccc(-c4ccccc4-c4cc(-c5ccccc5-c5ccc6c(c5)CC(C)(C)C6)cc(-c5ccccc5-c5ccc6c(c5)CC(C)(C)C6)c4)cn3)cccc12. The Kier molecular flexibility index (Phi) is 9.36. The first kappa shape index (κ1) is 40.2. The predicted octanol–water partition coefficient (Wildman–Crippen LogP) is 16.6. The lowest BCUT2D eigenvalue weighted by molar-refractivity contribution is 0.392. The van der Waals surface area contributed by atoms with Crippen LogP contribution in [0.15, 0.2) is 180 Å². The molecule has 0 atom stereocenters. The number of aryl methyl sites for hydroxylation is 1. The minimum atomic E-state index is 0.287. The molecule has 3 aromatic heterocycles. The maximum atomic E-state index is 6.38. The molecule has 0 aliphatic heterocycles. The molecule has 2 aliphatic rings. The van der Waals surface area contributed by atoms with Gasteiger partial charge in [-0.05, 0) is 169 Å². The summed E-state index contributed by atoms with van der Waals surface area (Å²) in [7, 11) is 0. The zero-order valence-corrected chi connectivity index (χ0v) is 38.4. The molecule has 0 saturated heterocycles. The normalized spacial score (nSPS) is 14.7. The summed E-state index contributed by atoms with van der Waals surface area (Å²) in [6.45, 7) is 11.5. The van der Waals surface area contributed by atoms with Gasteiger partial charge in [-0.2, -0.15) is 0 Å². The molecule has 0 spiro atoms. The number of fused-ring (bicyclic) bond motifs is 5. The Hall–Kier alpha value is -7.36. The summed E-state index contributed by atoms with van der Waals surface area (Å²) in [5.74, 6) is 0. The lowest BCUT2D eigenvalue weighted by Crippen LogP contribution is -2.09. The van der Waals surface area contributed by atoms with Crippen molar-refractivity contribution in [3.63, 3.8) is 0 Å². The highest BCUT2D eigenvalue weighted by Gasteiger charge is 2.30. The molecule has 7 aromatic carbocycles. The van der Waals surface area contributed by atoms with Gasteiger partial charge >= 0.3 is 0 Å². The van der Waals surface area contributed by atoms with Crippen molar-refractivity contribution < 1.29 is 4.42 Å². The van der Waals surface area contributed by atoms with Gasteiger partial charge in [0.25, 0.3) is 0 Å². The van der Waals surface area contributed by atoms with E-state index < -0.39 is 0 Å². The molecule has 2 aliphatic carbocycles. The van der Waals surface area contributed by atoms with E-state index in [-0.39, 0.29) is 10.8 Å². The van der Waals surface area contributed by atoms with Crippen LogP contribution in [0, 0.1) is 17.8 Å². The van der Waals surface area contributed by atoms with Gasteiger partial charge in [0.05, 0.1) is 5.69 Å². The Labute approximate surface area is 387 Å². The van der Waals surface area contributed by atoms with E-state index in [1.165, 1.54) is 66.8 Å². The highest BCUT2D eigenvalue weighted by atomic mass is 16.3. The lowest BCUT2D eigenvalue weighted by atomic mass is 9.86. The summed E-state index contributed by atoms with van der Waals surface area (Å²) in [5, 5.41) is 2.06. The lowest BCUT2D eigenvalue weighted by Gasteiger charge is -2.18. The van der Waals surface area contributed by atoms with Crippen LogP contribution >= 0.6 is 0 Å². The molecule has 0 saturated carbocycles. The molecule has 0 fully saturated rings. The highest BCUT2D eigenvalue weighted by molar-refractivity contribution is 6.08. The van der Waals surface area contributed by atoms with E-state index in [2.05, 4.69) is 196 Å². The summed E-state index contributed by atoms with van der Waals surface area (Å²) in [5.41, 5.74) is 25.1. The Morgan fingerprint density at radius 1 is 0.394 bits per heavy atom. The number of aromatic nitrogens is 2. The summed E-state index contributed by atoms with van der Waals surface area (Å²) < 4.78 is 6.38. The molecule has 12 rings (SSSR count). The Bertz CT molecular complexity index is 3420. The van der Waals surface area contributed by atoms with Crippen molar-refractivity contribution >= 4 is 22.1 Å². The van der Waals surface area contributed by atoms with E-state index in [1.807, 2.05) is 19.2 Å². The van der Waals surface area contributed by atoms with Gasteiger partial charge in [0, 0.05) is 33.8 Å². The first-order valence-electron chi connectivity index (χ1n) is 23.5. The van der Waals surface area contributed by atoms with Gasteiger partial charge in [-0.25, -0.2) is 4.98 Å². The van der Waals surface area contributed by atoms with Crippen LogP contribution in [-0.4, -0.2) is 9.97 Å². The van der Waals surface area contributed by atoms with Crippen LogP contribution in [0.4, 0.5) is 0 Å². The molecule has 3 nitrogen and oxygen atoms in total. The van der Waals surface area contributed by atoms with E-state index in [0.29, 0.717) is 5.71 Å². The predicted molar refractivity (Wildman–Crippen MR) is 274 cm³/mol. The number of para-hydroxylation sites is 1. The summed E-state index contributed by atoms with van der Waals surface area (Å²) in [4.78, 5) is 9.78. The molecule has 0 bridgehead atoms. The zero-order chi connectivity index (χ0) is 44.7. The molecule has 320 valence electrons. The van der Waals surface area contributed by atoms with Crippen LogP contribution in [0.2, 0.25) is 0 Å². The van der Waals surface area contributed by atoms with Gasteiger partial charge in [-0.15, -0.1) is 0 Å². The topological polar surface area (TPSA) is 38.9 Å². The van der Waals surface area contributed by atoms with Gasteiger partial charge in [-0.3, -0.25) is 4.98 Å². The van der Waals surface area contributed by atoms with Crippen molar-refractivity contribution in [2.24, 2.45) is 10.8 Å². The smallest absolute Gasteiger partial charge is 0.227 e. The van der Waals surface area contributed by atoms with Crippen LogP contribution in [0.1, 0.15) is 55.6 Å². The molecule has 3 heterocycles. The van der Waals surface area contributed by atoms with Crippen LogP contribution < -0.4 is 0 Å². The Morgan fingerprint density at radius 3 is 1.35 bits per heavy atom. The number of hydrogen-bond acceptors (Lipinski definition) is 3. The third-order valence-corrected chi connectivity index (χ3v) is 14.2. The van der Waals surface area contributed by atoms with E-state index in [4.69, 9.17) is 9.40 Å². The number of nitrogens with zero attached hydrogens (tertiary/aromatic N) is 2. The van der Waals surface area contributed by atoms with Crippen molar-refractivity contribution in [1.82, 2.24) is 9.97 Å². The summed E-state index contributed by atoms with van der Waals surface area (Å²) in [6.07, 6.45) is 6.48. The van der Waals surface area contributed by atoms with Crippen LogP contribution in [0.25, 0.3) is 100 Å². The average Bonchev–Trinajstić information content (AvgIpc) is 3.97. The fourth-order valence-electron chi connectivity index (χ4n) is 11.2. The second-order valence-electron chi connectivity index (χ2n) is 20.5. The van der Waals surface area contributed by atoms with Crippen molar-refractivity contribution in [2.45, 2.75) is 60.3 Å². The van der Waals surface area contributed by atoms with Crippen LogP contribution in [-0.2, 0) is 25.7 Å². The molecule has 0 N–H and O–H groups in total. The first-order chi connectivity index (χ1) is 32.0. The molecule has 0 radical (unpaired) electrons. The molecule has 0 unspecified atom stereocenters. The molecule has 0 amide bonds. The third kappa shape index (κ3) is 7.15. The monoisotopic (exact) mass is 852 g/mol. The largest absolute Gasteiger partial charge is 0.437 e. The van der Waals surface area contributed by atoms with E-state index >= 15 is 0 Å². The molecular formula is C63H52N2O. The maximum Gasteiger partial charge on any atom is 0.227 e. The molecule has 10 aromatic rings. The van der Waals surface area contributed by atoms with Gasteiger partial charge < -0.3 is 4.42 Å². The fourth-order valence-corrected chi connectivity index (χ4v) is 11.2. The van der Waals surface area contributed by atoms with Gasteiger partial charge in [0.15, 0.2) is 0 Å². The van der Waals surface area contributed by atoms with E-state index in [9.17, 15) is 0 Å². The molecule has 66 heavy (non-hydrogen) atoms. The fraction of sp³-hybridized carbons (Fsp3) is 0.175. The van der Waals surface area contributed by atoms with Gasteiger partial charge in [0.2, 0.25) is 5.71 Å². The second kappa shape index (κ2) is 15.4. The molecule has 3 heteroatoms. The van der Waals surface area contributed by atoms with Crippen molar-refractivity contribution in [3.05, 3.63) is 204 Å². The quantitative estimate of drug-likeness (QED) is 0.160. The summed E-state index contributed by atoms with van der Waals surface area (Å²) >= 11 is 0. The number of hydrogen-bond donors (Lipinski definition) is 0. The highest BCUT2D eigenvalue weighted by Crippen LogP contribution is 2.45. The molecular weight excluding hydrogens is 801 g/mol. The number of benzene rings is 7. The minimum Gasteiger partial charge on any atom is -0.437 e. The van der Waals surface area contributed by atoms with E-state index in [1.54, 1.807) is 0 Å². The average molecular weight is 853 g/mol. The summed E-state index contributed by atoms with van der Waals surface area (Å²) in [6, 6.07) is 63.0. The standard InChI is InChI=1S/C63H52N2O/c1-39-21-27-57-56-19-12-20-58(60(56)66-61(57)65-39)59-28-26-44(38-64-59)52-15-8-11-18-55(52)47-32-45(53-16-9-6-13-50(53)40-22-24-42-34-62(2,3)36-48(42)29-40)31-46(33-47)54-17-10-7-14-51(54)41-23-25-43-35-63(4,5)37-49(43)30-41/h6-33,38H,34-37H2,1-5H3. The van der Waals surface area contributed by atoms with Gasteiger partial charge in [0.1, 0.15) is 5.58 Å². The van der Waals surface area contributed by atoms with E-state index in [0.717, 1.165) is 81.2 Å². The zero-order valence-electron chi connectivity index (χ0n) is 38.4. The minimum absolute atomic E-state index is 0.287. The second-order valence-corrected chi connectivity index (χ2v) is 20.5.